The van der Waals surface area contributed by atoms with Crippen LogP contribution in [0.15, 0.2) is 18.2 Å². The third-order valence-electron chi connectivity index (χ3n) is 2.93. The van der Waals surface area contributed by atoms with Gasteiger partial charge in [-0.3, -0.25) is 0 Å². The van der Waals surface area contributed by atoms with E-state index in [0.29, 0.717) is 16.0 Å². The fourth-order valence-corrected chi connectivity index (χ4v) is 2.54. The summed E-state index contributed by atoms with van der Waals surface area (Å²) in [6.07, 6.45) is 1.11. The third-order valence-corrected chi connectivity index (χ3v) is 3.49. The summed E-state index contributed by atoms with van der Waals surface area (Å²) < 4.78 is 0. The van der Waals surface area contributed by atoms with Crippen LogP contribution in [0.4, 0.5) is 0 Å². The number of rotatable bonds is 2. The van der Waals surface area contributed by atoms with Crippen molar-refractivity contribution in [2.75, 3.05) is 13.1 Å². The SMILES string of the molecule is NC(c1ccc(Cl)cc1Cl)C1CCNC1. The minimum atomic E-state index is 0.00441. The maximum Gasteiger partial charge on any atom is 0.0468 e. The molecule has 2 atom stereocenters. The molecule has 1 aliphatic rings. The first-order valence-corrected chi connectivity index (χ1v) is 5.85. The molecule has 0 aromatic heterocycles. The average molecular weight is 245 g/mol. The van der Waals surface area contributed by atoms with Gasteiger partial charge in [-0.05, 0) is 43.1 Å². The monoisotopic (exact) mass is 244 g/mol. The highest BCUT2D eigenvalue weighted by Crippen LogP contribution is 2.31. The predicted molar refractivity (Wildman–Crippen MR) is 64.4 cm³/mol. The first kappa shape index (κ1) is 11.2. The second-order valence-electron chi connectivity index (χ2n) is 3.94. The Balaban J connectivity index is 2.20. The number of nitrogens with two attached hydrogens (primary N) is 1. The lowest BCUT2D eigenvalue weighted by Crippen LogP contribution is -2.23. The van der Waals surface area contributed by atoms with Crippen LogP contribution in [-0.2, 0) is 0 Å². The Morgan fingerprint density at radius 1 is 1.40 bits per heavy atom. The van der Waals surface area contributed by atoms with E-state index in [2.05, 4.69) is 5.32 Å². The largest absolute Gasteiger partial charge is 0.324 e. The maximum absolute atomic E-state index is 6.18. The molecule has 4 heteroatoms. The van der Waals surface area contributed by atoms with Gasteiger partial charge in [-0.25, -0.2) is 0 Å². The summed E-state index contributed by atoms with van der Waals surface area (Å²) in [6, 6.07) is 5.52. The Morgan fingerprint density at radius 3 is 2.80 bits per heavy atom. The summed E-state index contributed by atoms with van der Waals surface area (Å²) in [4.78, 5) is 0. The van der Waals surface area contributed by atoms with E-state index in [1.54, 1.807) is 6.07 Å². The molecular formula is C11H14Cl2N2. The van der Waals surface area contributed by atoms with Crippen LogP contribution in [0.3, 0.4) is 0 Å². The molecule has 1 aromatic rings. The van der Waals surface area contributed by atoms with Crippen LogP contribution in [0.5, 0.6) is 0 Å². The maximum atomic E-state index is 6.18. The van der Waals surface area contributed by atoms with Crippen LogP contribution in [0.25, 0.3) is 0 Å². The van der Waals surface area contributed by atoms with Crippen molar-refractivity contribution in [2.45, 2.75) is 12.5 Å². The van der Waals surface area contributed by atoms with Crippen molar-refractivity contribution < 1.29 is 0 Å². The molecule has 1 aromatic carbocycles. The van der Waals surface area contributed by atoms with Gasteiger partial charge in [0.05, 0.1) is 0 Å². The minimum Gasteiger partial charge on any atom is -0.324 e. The van der Waals surface area contributed by atoms with Gasteiger partial charge < -0.3 is 11.1 Å². The van der Waals surface area contributed by atoms with Crippen LogP contribution in [0.1, 0.15) is 18.0 Å². The van der Waals surface area contributed by atoms with Crippen molar-refractivity contribution in [3.63, 3.8) is 0 Å². The minimum absolute atomic E-state index is 0.00441. The van der Waals surface area contributed by atoms with Gasteiger partial charge in [-0.2, -0.15) is 0 Å². The first-order valence-electron chi connectivity index (χ1n) is 5.09. The summed E-state index contributed by atoms with van der Waals surface area (Å²) in [5.41, 5.74) is 7.18. The van der Waals surface area contributed by atoms with Crippen molar-refractivity contribution in [2.24, 2.45) is 11.7 Å². The standard InChI is InChI=1S/C11H14Cl2N2/c12-8-1-2-9(10(13)5-8)11(14)7-3-4-15-6-7/h1-2,5,7,11,15H,3-4,6,14H2. The molecule has 1 fully saturated rings. The van der Waals surface area contributed by atoms with Gasteiger partial charge in [0.15, 0.2) is 0 Å². The molecule has 1 saturated heterocycles. The van der Waals surface area contributed by atoms with Gasteiger partial charge >= 0.3 is 0 Å². The molecule has 1 aliphatic heterocycles. The molecule has 82 valence electrons. The highest BCUT2D eigenvalue weighted by atomic mass is 35.5. The molecule has 15 heavy (non-hydrogen) atoms. The van der Waals surface area contributed by atoms with E-state index < -0.39 is 0 Å². The Bertz CT molecular complexity index is 348. The lowest BCUT2D eigenvalue weighted by molar-refractivity contribution is 0.470. The summed E-state index contributed by atoms with van der Waals surface area (Å²) in [7, 11) is 0. The Kier molecular flexibility index (Phi) is 3.52. The number of benzene rings is 1. The molecule has 3 N–H and O–H groups in total. The third kappa shape index (κ3) is 2.45. The van der Waals surface area contributed by atoms with E-state index in [9.17, 15) is 0 Å². The molecule has 2 unspecified atom stereocenters. The van der Waals surface area contributed by atoms with Gasteiger partial charge in [0.2, 0.25) is 0 Å². The van der Waals surface area contributed by atoms with Gasteiger partial charge in [-0.1, -0.05) is 29.3 Å². The highest BCUT2D eigenvalue weighted by molar-refractivity contribution is 6.35. The molecular weight excluding hydrogens is 231 g/mol. The zero-order chi connectivity index (χ0) is 10.8. The molecule has 2 nitrogen and oxygen atoms in total. The summed E-state index contributed by atoms with van der Waals surface area (Å²) in [5.74, 6) is 0.476. The molecule has 0 spiro atoms. The van der Waals surface area contributed by atoms with Crippen molar-refractivity contribution in [1.82, 2.24) is 5.32 Å². The normalized spacial score (nSPS) is 23.0. The first-order chi connectivity index (χ1) is 7.18. The van der Waals surface area contributed by atoms with Crippen LogP contribution in [0, 0.1) is 5.92 Å². The zero-order valence-corrected chi connectivity index (χ0v) is 9.85. The molecule has 0 amide bonds. The van der Waals surface area contributed by atoms with Gasteiger partial charge in [0.1, 0.15) is 0 Å². The topological polar surface area (TPSA) is 38.0 Å². The second-order valence-corrected chi connectivity index (χ2v) is 4.79. The molecule has 0 aliphatic carbocycles. The van der Waals surface area contributed by atoms with Crippen LogP contribution in [-0.4, -0.2) is 13.1 Å². The van der Waals surface area contributed by atoms with Crippen LogP contribution < -0.4 is 11.1 Å². The lowest BCUT2D eigenvalue weighted by Gasteiger charge is -2.19. The van der Waals surface area contributed by atoms with E-state index >= 15 is 0 Å². The fourth-order valence-electron chi connectivity index (χ4n) is 2.01. The van der Waals surface area contributed by atoms with Crippen LogP contribution in [0.2, 0.25) is 10.0 Å². The Labute approximate surface area is 99.7 Å². The molecule has 1 heterocycles. The summed E-state index contributed by atoms with van der Waals surface area (Å²) in [5, 5.41) is 4.63. The van der Waals surface area contributed by atoms with E-state index in [1.807, 2.05) is 12.1 Å². The number of hydrogen-bond donors (Lipinski definition) is 2. The van der Waals surface area contributed by atoms with Gasteiger partial charge in [-0.15, -0.1) is 0 Å². The molecule has 0 bridgehead atoms. The molecule has 2 rings (SSSR count). The second kappa shape index (κ2) is 4.71. The van der Waals surface area contributed by atoms with Crippen molar-refractivity contribution >= 4 is 23.2 Å². The van der Waals surface area contributed by atoms with E-state index in [0.717, 1.165) is 25.1 Å². The van der Waals surface area contributed by atoms with Crippen LogP contribution >= 0.6 is 23.2 Å². The van der Waals surface area contributed by atoms with Crippen molar-refractivity contribution in [3.05, 3.63) is 33.8 Å². The van der Waals surface area contributed by atoms with Crippen molar-refractivity contribution in [3.8, 4) is 0 Å². The number of hydrogen-bond acceptors (Lipinski definition) is 2. The van der Waals surface area contributed by atoms with E-state index in [1.165, 1.54) is 0 Å². The zero-order valence-electron chi connectivity index (χ0n) is 8.34. The number of halogens is 2. The quantitative estimate of drug-likeness (QED) is 0.840. The van der Waals surface area contributed by atoms with Gasteiger partial charge in [0, 0.05) is 16.1 Å². The Morgan fingerprint density at radius 2 is 2.20 bits per heavy atom. The molecule has 0 radical (unpaired) electrons. The summed E-state index contributed by atoms with van der Waals surface area (Å²) in [6.45, 7) is 2.02. The van der Waals surface area contributed by atoms with E-state index in [4.69, 9.17) is 28.9 Å². The average Bonchev–Trinajstić information content (AvgIpc) is 2.69. The van der Waals surface area contributed by atoms with Crippen molar-refractivity contribution in [1.29, 1.82) is 0 Å². The number of nitrogens with one attached hydrogen (secondary N) is 1. The molecule has 0 saturated carbocycles. The fraction of sp³-hybridized carbons (Fsp3) is 0.455. The summed E-state index contributed by atoms with van der Waals surface area (Å²) >= 11 is 12.0. The highest BCUT2D eigenvalue weighted by Gasteiger charge is 2.24. The Hall–Kier alpha value is -0.280. The smallest absolute Gasteiger partial charge is 0.0468 e. The van der Waals surface area contributed by atoms with Gasteiger partial charge in [0.25, 0.3) is 0 Å². The van der Waals surface area contributed by atoms with E-state index in [-0.39, 0.29) is 6.04 Å². The lowest BCUT2D eigenvalue weighted by atomic mass is 9.93. The predicted octanol–water partition coefficient (Wildman–Crippen LogP) is 2.60.